The maximum atomic E-state index is 13.7. The number of aliphatic imine (C=N–C) groups is 1. The van der Waals surface area contributed by atoms with Gasteiger partial charge >= 0.3 is 6.18 Å². The molecule has 31 heavy (non-hydrogen) atoms. The molecule has 1 aromatic rings. The molecule has 1 N–H and O–H groups in total. The highest BCUT2D eigenvalue weighted by molar-refractivity contribution is 6.08. The summed E-state index contributed by atoms with van der Waals surface area (Å²) in [6.07, 6.45) is -5.59. The van der Waals surface area contributed by atoms with Crippen LogP contribution in [0.2, 0.25) is 0 Å². The van der Waals surface area contributed by atoms with Gasteiger partial charge in [0.05, 0.1) is 6.54 Å². The number of hydrogen-bond donors (Lipinski definition) is 1. The number of nitrogens with zero attached hydrogens (tertiary/aromatic N) is 4. The SMILES string of the molecule is Cc1cc(N2CCC(C3=NCC4=C3[C@H](C(F)(F)F)[C@H](O)C(=O)C4)CC2)nc(C(C)C)n1. The minimum Gasteiger partial charge on any atom is -0.384 e. The number of aromatic nitrogens is 2. The van der Waals surface area contributed by atoms with Crippen molar-refractivity contribution in [3.63, 3.8) is 0 Å². The molecule has 168 valence electrons. The molecule has 1 aromatic heterocycles. The third-order valence-electron chi connectivity index (χ3n) is 6.37. The summed E-state index contributed by atoms with van der Waals surface area (Å²) >= 11 is 0. The van der Waals surface area contributed by atoms with E-state index in [9.17, 15) is 23.1 Å². The average molecular weight is 436 g/mol. The molecule has 1 saturated heterocycles. The molecule has 1 aliphatic carbocycles. The summed E-state index contributed by atoms with van der Waals surface area (Å²) in [6.45, 7) is 7.43. The number of Topliss-reactive ketones (excluding diaryl/α,β-unsaturated/α-hetero) is 1. The first-order valence-electron chi connectivity index (χ1n) is 10.7. The monoisotopic (exact) mass is 436 g/mol. The van der Waals surface area contributed by atoms with Crippen LogP contribution in [0.15, 0.2) is 22.2 Å². The Bertz CT molecular complexity index is 947. The van der Waals surface area contributed by atoms with Crippen LogP contribution in [0, 0.1) is 18.8 Å². The van der Waals surface area contributed by atoms with E-state index >= 15 is 0 Å². The van der Waals surface area contributed by atoms with Crippen molar-refractivity contribution in [2.45, 2.75) is 58.2 Å². The number of aliphatic hydroxyl groups excluding tert-OH is 1. The third kappa shape index (κ3) is 4.12. The van der Waals surface area contributed by atoms with Crippen molar-refractivity contribution in [1.82, 2.24) is 9.97 Å². The van der Waals surface area contributed by atoms with Crippen LogP contribution in [0.1, 0.15) is 50.5 Å². The van der Waals surface area contributed by atoms with Crippen LogP contribution in [0.5, 0.6) is 0 Å². The number of carbonyl (C=O) groups is 1. The number of piperidine rings is 1. The van der Waals surface area contributed by atoms with Crippen molar-refractivity contribution < 1.29 is 23.1 Å². The summed E-state index contributed by atoms with van der Waals surface area (Å²) in [4.78, 5) is 27.6. The van der Waals surface area contributed by atoms with Gasteiger partial charge in [-0.15, -0.1) is 0 Å². The fraction of sp³-hybridized carbons (Fsp3) is 0.636. The molecule has 0 saturated carbocycles. The van der Waals surface area contributed by atoms with Gasteiger partial charge in [0.1, 0.15) is 23.7 Å². The zero-order valence-corrected chi connectivity index (χ0v) is 17.9. The number of rotatable bonds is 3. The Morgan fingerprint density at radius 1 is 1.19 bits per heavy atom. The Kier molecular flexibility index (Phi) is 5.66. The van der Waals surface area contributed by atoms with E-state index < -0.39 is 24.0 Å². The van der Waals surface area contributed by atoms with Crippen molar-refractivity contribution in [3.8, 4) is 0 Å². The van der Waals surface area contributed by atoms with Gasteiger partial charge in [-0.1, -0.05) is 13.8 Å². The van der Waals surface area contributed by atoms with Crippen molar-refractivity contribution in [2.75, 3.05) is 24.5 Å². The number of halogens is 3. The first-order chi connectivity index (χ1) is 14.6. The summed E-state index contributed by atoms with van der Waals surface area (Å²) in [5.41, 5.74) is 1.81. The molecule has 3 heterocycles. The molecule has 6 nitrogen and oxygen atoms in total. The van der Waals surface area contributed by atoms with Gasteiger partial charge in [0.2, 0.25) is 0 Å². The first kappa shape index (κ1) is 21.9. The zero-order valence-electron chi connectivity index (χ0n) is 17.9. The van der Waals surface area contributed by atoms with E-state index in [1.54, 1.807) is 0 Å². The third-order valence-corrected chi connectivity index (χ3v) is 6.37. The van der Waals surface area contributed by atoms with Gasteiger partial charge in [-0.05, 0) is 30.9 Å². The Hall–Kier alpha value is -2.29. The molecule has 4 rings (SSSR count). The highest BCUT2D eigenvalue weighted by Crippen LogP contribution is 2.45. The Labute approximate surface area is 179 Å². The summed E-state index contributed by atoms with van der Waals surface area (Å²) in [5, 5.41) is 10.0. The lowest BCUT2D eigenvalue weighted by molar-refractivity contribution is -0.190. The number of carbonyl (C=O) groups excluding carboxylic acids is 1. The molecule has 2 aliphatic heterocycles. The number of aliphatic hydroxyl groups is 1. The minimum absolute atomic E-state index is 0.0676. The van der Waals surface area contributed by atoms with Crippen molar-refractivity contribution in [3.05, 3.63) is 28.7 Å². The molecule has 0 amide bonds. The van der Waals surface area contributed by atoms with Crippen LogP contribution in [-0.2, 0) is 4.79 Å². The van der Waals surface area contributed by atoms with Gasteiger partial charge in [-0.25, -0.2) is 9.97 Å². The second-order valence-corrected chi connectivity index (χ2v) is 8.97. The standard InChI is InChI=1S/C22H27F3N4O2/c1-11(2)21-27-12(3)8-16(28-21)29-6-4-13(5-7-29)19-17-14(10-26-19)9-15(30)20(31)18(17)22(23,24)25/h8,11,13,18,20,31H,4-7,9-10H2,1-3H3/t18-,20+/m0/s1. The second-order valence-electron chi connectivity index (χ2n) is 8.97. The van der Waals surface area contributed by atoms with Gasteiger partial charge in [0, 0.05) is 48.8 Å². The second kappa shape index (κ2) is 8.00. The molecule has 0 radical (unpaired) electrons. The number of aryl methyl sites for hydroxylation is 1. The van der Waals surface area contributed by atoms with Crippen molar-refractivity contribution in [2.24, 2.45) is 16.8 Å². The fourth-order valence-corrected chi connectivity index (χ4v) is 4.79. The Morgan fingerprint density at radius 3 is 2.48 bits per heavy atom. The Balaban J connectivity index is 1.53. The molecule has 0 spiro atoms. The maximum absolute atomic E-state index is 13.7. The quantitative estimate of drug-likeness (QED) is 0.786. The number of alkyl halides is 3. The maximum Gasteiger partial charge on any atom is 0.398 e. The van der Waals surface area contributed by atoms with Crippen molar-refractivity contribution in [1.29, 1.82) is 0 Å². The molecule has 3 aliphatic rings. The van der Waals surface area contributed by atoms with Gasteiger partial charge in [-0.2, -0.15) is 13.2 Å². The molecular formula is C22H27F3N4O2. The highest BCUT2D eigenvalue weighted by atomic mass is 19.4. The van der Waals surface area contributed by atoms with E-state index in [0.29, 0.717) is 37.2 Å². The molecule has 0 bridgehead atoms. The van der Waals surface area contributed by atoms with E-state index in [1.165, 1.54) is 0 Å². The van der Waals surface area contributed by atoms with Crippen LogP contribution in [0.4, 0.5) is 19.0 Å². The van der Waals surface area contributed by atoms with E-state index in [4.69, 9.17) is 0 Å². The summed E-state index contributed by atoms with van der Waals surface area (Å²) in [6, 6.07) is 1.93. The van der Waals surface area contributed by atoms with Crippen LogP contribution < -0.4 is 4.90 Å². The smallest absolute Gasteiger partial charge is 0.384 e. The molecule has 9 heteroatoms. The lowest BCUT2D eigenvalue weighted by Gasteiger charge is -2.36. The van der Waals surface area contributed by atoms with E-state index in [2.05, 4.69) is 19.9 Å². The molecule has 0 aromatic carbocycles. The van der Waals surface area contributed by atoms with Gasteiger partial charge in [0.25, 0.3) is 0 Å². The lowest BCUT2D eigenvalue weighted by Crippen LogP contribution is -2.46. The predicted molar refractivity (Wildman–Crippen MR) is 110 cm³/mol. The highest BCUT2D eigenvalue weighted by Gasteiger charge is 2.54. The number of anilines is 1. The lowest BCUT2D eigenvalue weighted by atomic mass is 9.74. The van der Waals surface area contributed by atoms with E-state index in [-0.39, 0.29) is 30.4 Å². The van der Waals surface area contributed by atoms with Gasteiger partial charge < -0.3 is 10.0 Å². The fourth-order valence-electron chi connectivity index (χ4n) is 4.79. The summed E-state index contributed by atoms with van der Waals surface area (Å²) < 4.78 is 41.2. The van der Waals surface area contributed by atoms with Crippen LogP contribution in [0.25, 0.3) is 0 Å². The Morgan fingerprint density at radius 2 is 1.87 bits per heavy atom. The molecular weight excluding hydrogens is 409 g/mol. The van der Waals surface area contributed by atoms with Crippen LogP contribution >= 0.6 is 0 Å². The summed E-state index contributed by atoms with van der Waals surface area (Å²) in [5.74, 6) is -1.24. The largest absolute Gasteiger partial charge is 0.398 e. The summed E-state index contributed by atoms with van der Waals surface area (Å²) in [7, 11) is 0. The molecule has 1 fully saturated rings. The normalized spacial score (nSPS) is 25.4. The zero-order chi connectivity index (χ0) is 22.5. The van der Waals surface area contributed by atoms with Gasteiger partial charge in [0.15, 0.2) is 5.78 Å². The van der Waals surface area contributed by atoms with Crippen LogP contribution in [0.3, 0.4) is 0 Å². The number of ketones is 1. The molecule has 0 unspecified atom stereocenters. The minimum atomic E-state index is -4.69. The van der Waals surface area contributed by atoms with Gasteiger partial charge in [-0.3, -0.25) is 9.79 Å². The van der Waals surface area contributed by atoms with Crippen LogP contribution in [-0.4, -0.2) is 58.5 Å². The number of hydrogen-bond acceptors (Lipinski definition) is 6. The van der Waals surface area contributed by atoms with E-state index in [1.807, 2.05) is 26.8 Å². The van der Waals surface area contributed by atoms with Crippen molar-refractivity contribution >= 4 is 17.3 Å². The topological polar surface area (TPSA) is 78.7 Å². The molecule has 2 atom stereocenters. The predicted octanol–water partition coefficient (Wildman–Crippen LogP) is 3.39. The average Bonchev–Trinajstić information content (AvgIpc) is 3.10. The van der Waals surface area contributed by atoms with E-state index in [0.717, 1.165) is 17.3 Å². The first-order valence-corrected chi connectivity index (χ1v) is 10.7.